The van der Waals surface area contributed by atoms with E-state index in [2.05, 4.69) is 24.3 Å². The monoisotopic (exact) mass is 140 g/mol. The van der Waals surface area contributed by atoms with Crippen molar-refractivity contribution in [2.75, 3.05) is 0 Å². The van der Waals surface area contributed by atoms with Gasteiger partial charge in [-0.3, -0.25) is 0 Å². The minimum atomic E-state index is 1.37. The maximum Gasteiger partial charge on any atom is 0.0187 e. The molecule has 0 N–H and O–H groups in total. The van der Waals surface area contributed by atoms with Crippen LogP contribution in [0.5, 0.6) is 0 Å². The maximum absolute atomic E-state index is 2.15. The van der Waals surface area contributed by atoms with Crippen LogP contribution in [0.4, 0.5) is 0 Å². The molecule has 0 fully saturated rings. The molecule has 0 aliphatic carbocycles. The van der Waals surface area contributed by atoms with Gasteiger partial charge in [-0.15, -0.1) is 0 Å². The van der Waals surface area contributed by atoms with E-state index in [0.29, 0.717) is 0 Å². The molecule has 0 saturated heterocycles. The van der Waals surface area contributed by atoms with E-state index in [9.17, 15) is 0 Å². The number of fused-ring (bicyclic) bond motifs is 3. The summed E-state index contributed by atoms with van der Waals surface area (Å²) in [5.41, 5.74) is 0. The molecule has 0 unspecified atom stereocenters. The van der Waals surface area contributed by atoms with Crippen molar-refractivity contribution in [1.29, 1.82) is 0 Å². The van der Waals surface area contributed by atoms with Crippen LogP contribution in [0.3, 0.4) is 0 Å². The summed E-state index contributed by atoms with van der Waals surface area (Å²) in [6, 6.07) is 8.60. The molecule has 0 amide bonds. The zero-order valence-electron chi connectivity index (χ0n) is 4.13. The average Bonchev–Trinajstić information content (AvgIpc) is 1.92. The van der Waals surface area contributed by atoms with Gasteiger partial charge in [0, 0.05) is 9.79 Å². The minimum Gasteiger partial charge on any atom is -0.0526 e. The summed E-state index contributed by atoms with van der Waals surface area (Å²) in [5.74, 6) is 0. The number of rotatable bonds is 0. The van der Waals surface area contributed by atoms with Gasteiger partial charge in [0.05, 0.1) is 0 Å². The highest BCUT2D eigenvalue weighted by atomic mass is 33.1. The molecular weight excluding hydrogens is 136 g/mol. The second kappa shape index (κ2) is 1.71. The molecular formula is C6H4S2. The lowest BCUT2D eigenvalue weighted by Crippen LogP contribution is -1.75. The molecule has 2 heteroatoms. The number of hydrogen-bond donors (Lipinski definition) is 0. The van der Waals surface area contributed by atoms with Gasteiger partial charge in [-0.2, -0.15) is 0 Å². The first-order valence-electron chi connectivity index (χ1n) is 2.40. The van der Waals surface area contributed by atoms with E-state index in [0.717, 1.165) is 0 Å². The van der Waals surface area contributed by atoms with Crippen molar-refractivity contribution in [2.45, 2.75) is 9.79 Å². The van der Waals surface area contributed by atoms with Crippen molar-refractivity contribution >= 4 is 21.6 Å². The molecule has 2 aliphatic rings. The van der Waals surface area contributed by atoms with Gasteiger partial charge in [0.2, 0.25) is 0 Å². The summed E-state index contributed by atoms with van der Waals surface area (Å²) >= 11 is 0. The molecule has 2 heterocycles. The van der Waals surface area contributed by atoms with Crippen molar-refractivity contribution < 1.29 is 0 Å². The van der Waals surface area contributed by atoms with Crippen LogP contribution in [0.25, 0.3) is 0 Å². The summed E-state index contributed by atoms with van der Waals surface area (Å²) < 4.78 is 0. The lowest BCUT2D eigenvalue weighted by Gasteiger charge is -2.07. The Labute approximate surface area is 56.1 Å². The van der Waals surface area contributed by atoms with E-state index in [1.54, 1.807) is 0 Å². The first-order valence-corrected chi connectivity index (χ1v) is 4.55. The van der Waals surface area contributed by atoms with Gasteiger partial charge in [-0.1, -0.05) is 21.6 Å². The van der Waals surface area contributed by atoms with Crippen molar-refractivity contribution in [3.8, 4) is 0 Å². The van der Waals surface area contributed by atoms with Crippen LogP contribution in [0.15, 0.2) is 34.1 Å². The van der Waals surface area contributed by atoms with Gasteiger partial charge < -0.3 is 0 Å². The van der Waals surface area contributed by atoms with Crippen LogP contribution in [-0.4, -0.2) is 0 Å². The lowest BCUT2D eigenvalue weighted by atomic mass is 10.4. The van der Waals surface area contributed by atoms with Crippen molar-refractivity contribution in [1.82, 2.24) is 0 Å². The van der Waals surface area contributed by atoms with E-state index in [-0.39, 0.29) is 0 Å². The fourth-order valence-electron chi connectivity index (χ4n) is 0.647. The van der Waals surface area contributed by atoms with Crippen LogP contribution in [0.1, 0.15) is 0 Å². The molecule has 0 nitrogen and oxygen atoms in total. The van der Waals surface area contributed by atoms with Gasteiger partial charge >= 0.3 is 0 Å². The Hall–Kier alpha value is -0.0800. The zero-order chi connectivity index (χ0) is 5.40. The van der Waals surface area contributed by atoms with Gasteiger partial charge in [-0.05, 0) is 24.3 Å². The maximum atomic E-state index is 2.15. The molecule has 2 bridgehead atoms. The van der Waals surface area contributed by atoms with Gasteiger partial charge in [-0.25, -0.2) is 0 Å². The van der Waals surface area contributed by atoms with E-state index >= 15 is 0 Å². The Morgan fingerprint density at radius 3 is 1.25 bits per heavy atom. The smallest absolute Gasteiger partial charge is 0.0187 e. The van der Waals surface area contributed by atoms with E-state index in [1.165, 1.54) is 9.79 Å². The highest BCUT2D eigenvalue weighted by Crippen LogP contribution is 2.42. The fraction of sp³-hybridized carbons (Fsp3) is 0. The molecule has 1 aromatic rings. The zero-order valence-corrected chi connectivity index (χ0v) is 5.76. The summed E-state index contributed by atoms with van der Waals surface area (Å²) in [6.45, 7) is 0. The molecule has 0 atom stereocenters. The molecule has 3 rings (SSSR count). The molecule has 0 radical (unpaired) electrons. The quantitative estimate of drug-likeness (QED) is 0.508. The van der Waals surface area contributed by atoms with Gasteiger partial charge in [0.25, 0.3) is 0 Å². The van der Waals surface area contributed by atoms with Crippen molar-refractivity contribution in [3.63, 3.8) is 0 Å². The third-order valence-corrected chi connectivity index (χ3v) is 3.48. The molecule has 1 aromatic carbocycles. The molecule has 40 valence electrons. The SMILES string of the molecule is c1cc2ccc1SS2. The van der Waals surface area contributed by atoms with Crippen LogP contribution >= 0.6 is 21.6 Å². The lowest BCUT2D eigenvalue weighted by molar-refractivity contribution is 1.35. The topological polar surface area (TPSA) is 0 Å². The predicted octanol–water partition coefficient (Wildman–Crippen LogP) is 2.80. The van der Waals surface area contributed by atoms with Crippen LogP contribution < -0.4 is 0 Å². The minimum absolute atomic E-state index is 1.37. The highest BCUT2D eigenvalue weighted by Gasteiger charge is 2.02. The Morgan fingerprint density at radius 1 is 0.750 bits per heavy atom. The normalized spacial score (nSPS) is 14.5. The number of hydrogen-bond acceptors (Lipinski definition) is 2. The van der Waals surface area contributed by atoms with E-state index < -0.39 is 0 Å². The Morgan fingerprint density at radius 2 is 1.12 bits per heavy atom. The van der Waals surface area contributed by atoms with Gasteiger partial charge in [0.1, 0.15) is 0 Å². The predicted molar refractivity (Wildman–Crippen MR) is 38.2 cm³/mol. The Balaban J connectivity index is 2.69. The largest absolute Gasteiger partial charge is 0.0526 e. The third kappa shape index (κ3) is 0.644. The average molecular weight is 140 g/mol. The Bertz CT molecular complexity index is 167. The summed E-state index contributed by atoms with van der Waals surface area (Å²) in [6.07, 6.45) is 0. The summed E-state index contributed by atoms with van der Waals surface area (Å²) in [7, 11) is 3.67. The standard InChI is InChI=1S/C6H4S2/c1-2-6-4-3-5(1)7-8-6/h1-4H. The second-order valence-corrected chi connectivity index (χ2v) is 3.91. The van der Waals surface area contributed by atoms with Gasteiger partial charge in [0.15, 0.2) is 0 Å². The Kier molecular flexibility index (Phi) is 1.02. The highest BCUT2D eigenvalue weighted by molar-refractivity contribution is 8.76. The van der Waals surface area contributed by atoms with E-state index in [4.69, 9.17) is 0 Å². The third-order valence-electron chi connectivity index (χ3n) is 1.06. The molecule has 0 spiro atoms. The molecule has 2 aliphatic heterocycles. The van der Waals surface area contributed by atoms with Crippen LogP contribution in [0.2, 0.25) is 0 Å². The summed E-state index contributed by atoms with van der Waals surface area (Å²) in [5, 5.41) is 0. The fourth-order valence-corrected chi connectivity index (χ4v) is 2.58. The summed E-state index contributed by atoms with van der Waals surface area (Å²) in [4.78, 5) is 2.73. The second-order valence-electron chi connectivity index (χ2n) is 1.64. The van der Waals surface area contributed by atoms with Crippen LogP contribution in [0, 0.1) is 0 Å². The molecule has 0 aromatic heterocycles. The van der Waals surface area contributed by atoms with Crippen molar-refractivity contribution in [2.24, 2.45) is 0 Å². The number of benzene rings is 1. The van der Waals surface area contributed by atoms with Crippen molar-refractivity contribution in [3.05, 3.63) is 24.3 Å². The van der Waals surface area contributed by atoms with E-state index in [1.807, 2.05) is 21.6 Å². The molecule has 8 heavy (non-hydrogen) atoms. The van der Waals surface area contributed by atoms with Crippen LogP contribution in [-0.2, 0) is 0 Å². The first kappa shape index (κ1) is 4.77. The first-order chi connectivity index (χ1) is 3.95. The molecule has 0 saturated carbocycles.